The number of carboxylic acids is 1. The number of carboxylic acid groups (broad SMARTS) is 1. The molecule has 0 aliphatic heterocycles. The van der Waals surface area contributed by atoms with Crippen LogP contribution in [0.3, 0.4) is 0 Å². The van der Waals surface area contributed by atoms with Crippen molar-refractivity contribution in [3.05, 3.63) is 83.7 Å². The standard InChI is InChI=1S/C40H55F2N5O5S/c1-27(48)45-34(14-9-10-18-44-5)36(49)21-30(39(51)52)25-53-26-37(50)47(19-11-17-43)38(40(2,3)4)35-20-29(32-22-31(41)15-16-33(32)42)24-46(35)23-28-12-7-6-8-13-28/h6-8,12-13,15-16,20,22,24,30,34,38,44H,9-11,14,17-19,21,23,25-26,43H2,1-5H3,(H,45,48)(H,51,52)/t30-,34-,38-/m0/s1. The molecule has 3 rings (SSSR count). The molecule has 5 N–H and O–H groups in total. The smallest absolute Gasteiger partial charge is 0.307 e. The summed E-state index contributed by atoms with van der Waals surface area (Å²) in [4.78, 5) is 53.3. The third-order valence-corrected chi connectivity index (χ3v) is 10.1. The number of nitrogens with zero attached hydrogens (tertiary/aromatic N) is 2. The lowest BCUT2D eigenvalue weighted by atomic mass is 9.83. The molecule has 53 heavy (non-hydrogen) atoms. The van der Waals surface area contributed by atoms with E-state index in [1.165, 1.54) is 6.92 Å². The van der Waals surface area contributed by atoms with Gasteiger partial charge in [0, 0.05) is 55.2 Å². The predicted molar refractivity (Wildman–Crippen MR) is 206 cm³/mol. The topological polar surface area (TPSA) is 147 Å². The van der Waals surface area contributed by atoms with Gasteiger partial charge in [-0.05, 0) is 81.1 Å². The monoisotopic (exact) mass is 755 g/mol. The number of carbonyl (C=O) groups excluding carboxylic acids is 3. The van der Waals surface area contributed by atoms with Gasteiger partial charge < -0.3 is 30.9 Å². The Hall–Kier alpha value is -4.07. The number of carbonyl (C=O) groups is 4. The number of halogens is 2. The molecule has 0 fully saturated rings. The second-order valence-corrected chi connectivity index (χ2v) is 15.5. The van der Waals surface area contributed by atoms with Crippen molar-refractivity contribution >= 4 is 35.3 Å². The molecule has 2 amide bonds. The molecule has 0 saturated heterocycles. The summed E-state index contributed by atoms with van der Waals surface area (Å²) in [6.07, 6.45) is 3.89. The number of unbranched alkanes of at least 4 members (excludes halogenated alkanes) is 1. The third-order valence-electron chi connectivity index (χ3n) is 8.98. The van der Waals surface area contributed by atoms with Gasteiger partial charge in [0.2, 0.25) is 11.8 Å². The number of Topliss-reactive ketones (excluding diaryl/α,β-unsaturated/α-hetero) is 1. The van der Waals surface area contributed by atoms with Crippen molar-refractivity contribution in [1.82, 2.24) is 20.1 Å². The van der Waals surface area contributed by atoms with Gasteiger partial charge in [0.05, 0.1) is 23.8 Å². The van der Waals surface area contributed by atoms with Crippen molar-refractivity contribution in [3.63, 3.8) is 0 Å². The van der Waals surface area contributed by atoms with Gasteiger partial charge in [0.15, 0.2) is 5.78 Å². The number of nitrogens with one attached hydrogen (secondary N) is 2. The molecule has 0 saturated carbocycles. The van der Waals surface area contributed by atoms with E-state index in [2.05, 4.69) is 10.6 Å². The first kappa shape index (κ1) is 43.3. The van der Waals surface area contributed by atoms with Crippen molar-refractivity contribution in [1.29, 1.82) is 0 Å². The van der Waals surface area contributed by atoms with Crippen LogP contribution in [0.4, 0.5) is 8.78 Å². The third kappa shape index (κ3) is 13.4. The van der Waals surface area contributed by atoms with Gasteiger partial charge in [-0.1, -0.05) is 51.1 Å². The summed E-state index contributed by atoms with van der Waals surface area (Å²) >= 11 is 1.14. The van der Waals surface area contributed by atoms with E-state index in [9.17, 15) is 28.7 Å². The molecule has 1 heterocycles. The van der Waals surface area contributed by atoms with Crippen LogP contribution < -0.4 is 16.4 Å². The summed E-state index contributed by atoms with van der Waals surface area (Å²) in [5.41, 5.74) is 7.67. The second-order valence-electron chi connectivity index (χ2n) is 14.5. The van der Waals surface area contributed by atoms with Gasteiger partial charge in [-0.3, -0.25) is 19.2 Å². The van der Waals surface area contributed by atoms with E-state index in [0.717, 1.165) is 54.2 Å². The maximum absolute atomic E-state index is 15.1. The molecule has 0 bridgehead atoms. The van der Waals surface area contributed by atoms with Gasteiger partial charge in [-0.25, -0.2) is 8.78 Å². The SMILES string of the molecule is CNCCCC[C@H](NC(C)=O)C(=O)C[C@@H](CSCC(=O)N(CCCN)[C@@H](c1cc(-c2cc(F)ccc2F)cn1Cc1ccccc1)C(C)(C)C)C(=O)O. The number of hydrogen-bond donors (Lipinski definition) is 4. The van der Waals surface area contributed by atoms with E-state index in [-0.39, 0.29) is 41.1 Å². The summed E-state index contributed by atoms with van der Waals surface area (Å²) in [6.45, 7) is 9.15. The first-order valence-corrected chi connectivity index (χ1v) is 19.3. The summed E-state index contributed by atoms with van der Waals surface area (Å²) in [5, 5.41) is 15.7. The van der Waals surface area contributed by atoms with Crippen LogP contribution in [-0.2, 0) is 25.7 Å². The number of ketones is 1. The maximum atomic E-state index is 15.1. The van der Waals surface area contributed by atoms with Crippen LogP contribution in [0.25, 0.3) is 11.1 Å². The van der Waals surface area contributed by atoms with Crippen LogP contribution in [0.1, 0.15) is 77.1 Å². The minimum absolute atomic E-state index is 0.0116. The molecule has 3 aromatic rings. The summed E-state index contributed by atoms with van der Waals surface area (Å²) < 4.78 is 31.4. The highest BCUT2D eigenvalue weighted by Gasteiger charge is 2.37. The number of aliphatic carboxylic acids is 1. The van der Waals surface area contributed by atoms with Crippen LogP contribution in [-0.4, -0.2) is 82.4 Å². The zero-order valence-electron chi connectivity index (χ0n) is 31.5. The first-order chi connectivity index (χ1) is 25.2. The van der Waals surface area contributed by atoms with E-state index >= 15 is 4.39 Å². The number of rotatable bonds is 22. The lowest BCUT2D eigenvalue weighted by molar-refractivity contribution is -0.143. The van der Waals surface area contributed by atoms with E-state index in [0.29, 0.717) is 44.5 Å². The Kier molecular flexibility index (Phi) is 17.2. The highest BCUT2D eigenvalue weighted by Crippen LogP contribution is 2.41. The van der Waals surface area contributed by atoms with Gasteiger partial charge in [-0.15, -0.1) is 0 Å². The van der Waals surface area contributed by atoms with E-state index in [1.807, 2.05) is 68.8 Å². The Morgan fingerprint density at radius 3 is 2.36 bits per heavy atom. The average molecular weight is 756 g/mol. The van der Waals surface area contributed by atoms with E-state index < -0.39 is 41.0 Å². The van der Waals surface area contributed by atoms with E-state index in [4.69, 9.17) is 5.73 Å². The molecule has 3 atom stereocenters. The Morgan fingerprint density at radius 1 is 1.02 bits per heavy atom. The summed E-state index contributed by atoms with van der Waals surface area (Å²) in [6, 6.07) is 13.5. The van der Waals surface area contributed by atoms with E-state index in [1.54, 1.807) is 11.1 Å². The highest BCUT2D eigenvalue weighted by molar-refractivity contribution is 7.99. The Labute approximate surface area is 316 Å². The van der Waals surface area contributed by atoms with Gasteiger partial charge in [0.25, 0.3) is 0 Å². The number of benzene rings is 2. The summed E-state index contributed by atoms with van der Waals surface area (Å²) in [7, 11) is 1.83. The van der Waals surface area contributed by atoms with Gasteiger partial charge >= 0.3 is 5.97 Å². The molecule has 1 aromatic heterocycles. The fourth-order valence-electron chi connectivity index (χ4n) is 6.45. The van der Waals surface area contributed by atoms with Crippen molar-refractivity contribution < 1.29 is 33.1 Å². The zero-order valence-corrected chi connectivity index (χ0v) is 32.3. The van der Waals surface area contributed by atoms with Crippen molar-refractivity contribution in [2.24, 2.45) is 17.1 Å². The molecular weight excluding hydrogens is 701 g/mol. The molecular formula is C40H55F2N5O5S. The largest absolute Gasteiger partial charge is 0.481 e. The van der Waals surface area contributed by atoms with Crippen molar-refractivity contribution in [2.45, 2.75) is 78.4 Å². The molecule has 0 unspecified atom stereocenters. The zero-order chi connectivity index (χ0) is 39.1. The minimum Gasteiger partial charge on any atom is -0.481 e. The number of aromatic nitrogens is 1. The molecule has 0 aliphatic rings. The fourth-order valence-corrected chi connectivity index (χ4v) is 7.46. The molecule has 10 nitrogen and oxygen atoms in total. The Bertz CT molecular complexity index is 1660. The second kappa shape index (κ2) is 21.0. The first-order valence-electron chi connectivity index (χ1n) is 18.1. The highest BCUT2D eigenvalue weighted by atomic mass is 32.2. The lowest BCUT2D eigenvalue weighted by Gasteiger charge is -2.41. The number of nitrogens with two attached hydrogens (primary N) is 1. The number of hydrogen-bond acceptors (Lipinski definition) is 7. The average Bonchev–Trinajstić information content (AvgIpc) is 3.50. The van der Waals surface area contributed by atoms with Crippen molar-refractivity contribution in [3.8, 4) is 11.1 Å². The fraction of sp³-hybridized carbons (Fsp3) is 0.500. The molecule has 0 spiro atoms. The van der Waals surface area contributed by atoms with Gasteiger partial charge in [-0.2, -0.15) is 11.8 Å². The molecule has 13 heteroatoms. The van der Waals surface area contributed by atoms with Crippen LogP contribution in [0.2, 0.25) is 0 Å². The Balaban J connectivity index is 1.91. The summed E-state index contributed by atoms with van der Waals surface area (Å²) in [5.74, 6) is -4.36. The minimum atomic E-state index is -1.15. The Morgan fingerprint density at radius 2 is 1.74 bits per heavy atom. The van der Waals surface area contributed by atoms with Gasteiger partial charge in [0.1, 0.15) is 11.6 Å². The molecule has 2 aromatic carbocycles. The van der Waals surface area contributed by atoms with Crippen LogP contribution in [0.5, 0.6) is 0 Å². The molecule has 0 aliphatic carbocycles. The predicted octanol–water partition coefficient (Wildman–Crippen LogP) is 6.03. The molecule has 290 valence electrons. The van der Waals surface area contributed by atoms with Crippen LogP contribution >= 0.6 is 11.8 Å². The quantitative estimate of drug-likeness (QED) is 0.0910. The maximum Gasteiger partial charge on any atom is 0.307 e. The number of thioether (sulfide) groups is 1. The number of amides is 2. The normalized spacial score (nSPS) is 13.3. The van der Waals surface area contributed by atoms with Crippen LogP contribution in [0.15, 0.2) is 60.8 Å². The lowest BCUT2D eigenvalue weighted by Crippen LogP contribution is -2.44. The molecule has 0 radical (unpaired) electrons. The van der Waals surface area contributed by atoms with Crippen molar-refractivity contribution in [2.75, 3.05) is 38.2 Å². The van der Waals surface area contributed by atoms with Crippen LogP contribution in [0, 0.1) is 23.0 Å².